The maximum absolute atomic E-state index is 7.47. The Bertz CT molecular complexity index is 599. The first-order valence-corrected chi connectivity index (χ1v) is 5.69. The van der Waals surface area contributed by atoms with Crippen molar-refractivity contribution in [2.45, 2.75) is 6.92 Å². The first-order chi connectivity index (χ1) is 8.58. The number of ether oxygens (including phenoxy) is 1. The summed E-state index contributed by atoms with van der Waals surface area (Å²) in [5, 5.41) is 8.05. The minimum absolute atomic E-state index is 0.0854. The van der Waals surface area contributed by atoms with E-state index >= 15 is 0 Å². The van der Waals surface area contributed by atoms with E-state index in [9.17, 15) is 0 Å². The molecule has 2 rings (SSSR count). The number of nitrogens with zero attached hydrogens (tertiary/aromatic N) is 1. The molecule has 18 heavy (non-hydrogen) atoms. The third-order valence-electron chi connectivity index (χ3n) is 2.42. The van der Waals surface area contributed by atoms with Gasteiger partial charge in [-0.3, -0.25) is 5.41 Å². The molecule has 0 amide bonds. The van der Waals surface area contributed by atoms with E-state index in [1.54, 1.807) is 30.5 Å². The summed E-state index contributed by atoms with van der Waals surface area (Å²) in [5.41, 5.74) is 6.86. The van der Waals surface area contributed by atoms with Gasteiger partial charge in [-0.2, -0.15) is 0 Å². The second-order valence-corrected chi connectivity index (χ2v) is 4.22. The van der Waals surface area contributed by atoms with Gasteiger partial charge in [-0.15, -0.1) is 0 Å². The zero-order chi connectivity index (χ0) is 13.1. The van der Waals surface area contributed by atoms with Crippen molar-refractivity contribution in [1.29, 1.82) is 5.41 Å². The van der Waals surface area contributed by atoms with Crippen LogP contribution in [0.2, 0.25) is 5.02 Å². The van der Waals surface area contributed by atoms with Gasteiger partial charge in [0.15, 0.2) is 0 Å². The van der Waals surface area contributed by atoms with Gasteiger partial charge in [0.05, 0.1) is 5.56 Å². The van der Waals surface area contributed by atoms with Crippen LogP contribution in [0.25, 0.3) is 0 Å². The van der Waals surface area contributed by atoms with Crippen LogP contribution in [0.15, 0.2) is 36.5 Å². The van der Waals surface area contributed by atoms with Gasteiger partial charge in [0.2, 0.25) is 5.88 Å². The molecule has 0 saturated heterocycles. The largest absolute Gasteiger partial charge is 0.438 e. The van der Waals surface area contributed by atoms with E-state index in [0.717, 1.165) is 5.56 Å². The number of aromatic nitrogens is 1. The van der Waals surface area contributed by atoms with Crippen molar-refractivity contribution in [3.63, 3.8) is 0 Å². The molecule has 0 spiro atoms. The smallest absolute Gasteiger partial charge is 0.230 e. The normalized spacial score (nSPS) is 10.1. The van der Waals surface area contributed by atoms with Crippen molar-refractivity contribution in [2.75, 3.05) is 0 Å². The Kier molecular flexibility index (Phi) is 3.48. The molecule has 0 atom stereocenters. The van der Waals surface area contributed by atoms with Crippen LogP contribution < -0.4 is 10.5 Å². The summed E-state index contributed by atoms with van der Waals surface area (Å²) in [6, 6.07) is 8.73. The van der Waals surface area contributed by atoms with E-state index in [2.05, 4.69) is 4.98 Å². The molecule has 0 fully saturated rings. The van der Waals surface area contributed by atoms with E-state index in [0.29, 0.717) is 22.2 Å². The third-order valence-corrected chi connectivity index (χ3v) is 2.65. The van der Waals surface area contributed by atoms with Crippen LogP contribution in [0.4, 0.5) is 0 Å². The van der Waals surface area contributed by atoms with Crippen molar-refractivity contribution < 1.29 is 4.74 Å². The molecule has 0 unspecified atom stereocenters. The molecule has 5 heteroatoms. The van der Waals surface area contributed by atoms with Gasteiger partial charge < -0.3 is 10.5 Å². The van der Waals surface area contributed by atoms with Crippen molar-refractivity contribution in [3.05, 3.63) is 52.7 Å². The summed E-state index contributed by atoms with van der Waals surface area (Å²) < 4.78 is 5.67. The Labute approximate surface area is 110 Å². The van der Waals surface area contributed by atoms with E-state index in [1.807, 2.05) is 13.0 Å². The highest BCUT2D eigenvalue weighted by atomic mass is 35.5. The zero-order valence-corrected chi connectivity index (χ0v) is 10.5. The Hall–Kier alpha value is -2.07. The Morgan fingerprint density at radius 2 is 2.17 bits per heavy atom. The molecule has 1 aromatic heterocycles. The molecule has 2 aromatic rings. The van der Waals surface area contributed by atoms with E-state index in [-0.39, 0.29) is 5.84 Å². The summed E-state index contributed by atoms with van der Waals surface area (Å²) in [7, 11) is 0. The number of halogens is 1. The molecule has 3 N–H and O–H groups in total. The molecule has 1 aromatic carbocycles. The molecule has 0 bridgehead atoms. The molecular formula is C13H12ClN3O. The van der Waals surface area contributed by atoms with E-state index < -0.39 is 0 Å². The average molecular weight is 262 g/mol. The number of aryl methyl sites for hydroxylation is 1. The first-order valence-electron chi connectivity index (χ1n) is 5.31. The molecule has 0 aliphatic carbocycles. The molecule has 0 aliphatic rings. The summed E-state index contributed by atoms with van der Waals surface area (Å²) in [5.74, 6) is 0.817. The number of rotatable bonds is 3. The van der Waals surface area contributed by atoms with Gasteiger partial charge in [0.1, 0.15) is 11.6 Å². The average Bonchev–Trinajstić information content (AvgIpc) is 2.34. The van der Waals surface area contributed by atoms with Gasteiger partial charge >= 0.3 is 0 Å². The molecule has 4 nitrogen and oxygen atoms in total. The second-order valence-electron chi connectivity index (χ2n) is 3.78. The Morgan fingerprint density at radius 3 is 2.89 bits per heavy atom. The Morgan fingerprint density at radius 1 is 1.39 bits per heavy atom. The monoisotopic (exact) mass is 261 g/mol. The lowest BCUT2D eigenvalue weighted by atomic mass is 10.2. The lowest BCUT2D eigenvalue weighted by molar-refractivity contribution is 0.458. The maximum atomic E-state index is 7.47. The van der Waals surface area contributed by atoms with Crippen LogP contribution in [0.1, 0.15) is 11.1 Å². The number of hydrogen-bond donors (Lipinski definition) is 2. The van der Waals surface area contributed by atoms with E-state index in [1.165, 1.54) is 0 Å². The fraction of sp³-hybridized carbons (Fsp3) is 0.0769. The summed E-state index contributed by atoms with van der Waals surface area (Å²) >= 11 is 5.92. The second kappa shape index (κ2) is 5.06. The van der Waals surface area contributed by atoms with Crippen molar-refractivity contribution in [1.82, 2.24) is 4.98 Å². The maximum Gasteiger partial charge on any atom is 0.230 e. The van der Waals surface area contributed by atoms with Gasteiger partial charge in [-0.05, 0) is 36.8 Å². The molecule has 0 aliphatic heterocycles. The highest BCUT2D eigenvalue weighted by Crippen LogP contribution is 2.28. The lowest BCUT2D eigenvalue weighted by Gasteiger charge is -2.10. The molecule has 0 radical (unpaired) electrons. The number of amidine groups is 1. The van der Waals surface area contributed by atoms with Crippen LogP contribution in [-0.4, -0.2) is 10.8 Å². The van der Waals surface area contributed by atoms with E-state index in [4.69, 9.17) is 27.5 Å². The topological polar surface area (TPSA) is 72.0 Å². The lowest BCUT2D eigenvalue weighted by Crippen LogP contribution is -2.13. The van der Waals surface area contributed by atoms with Crippen LogP contribution in [-0.2, 0) is 0 Å². The van der Waals surface area contributed by atoms with Crippen LogP contribution in [0, 0.1) is 12.3 Å². The summed E-state index contributed by atoms with van der Waals surface area (Å²) in [6.07, 6.45) is 1.58. The van der Waals surface area contributed by atoms with Crippen molar-refractivity contribution in [2.24, 2.45) is 5.73 Å². The number of nitrogens with two attached hydrogens (primary N) is 1. The van der Waals surface area contributed by atoms with Crippen LogP contribution in [0.3, 0.4) is 0 Å². The highest BCUT2D eigenvalue weighted by molar-refractivity contribution is 6.30. The number of hydrogen-bond acceptors (Lipinski definition) is 3. The minimum Gasteiger partial charge on any atom is -0.438 e. The third kappa shape index (κ3) is 2.60. The molecular weight excluding hydrogens is 250 g/mol. The Balaban J connectivity index is 2.40. The highest BCUT2D eigenvalue weighted by Gasteiger charge is 2.10. The van der Waals surface area contributed by atoms with Crippen molar-refractivity contribution in [3.8, 4) is 11.6 Å². The zero-order valence-electron chi connectivity index (χ0n) is 9.77. The quantitative estimate of drug-likeness (QED) is 0.659. The molecule has 1 heterocycles. The SMILES string of the molecule is Cc1ccc(Cl)cc1Oc1ncccc1C(=N)N. The number of nitrogens with one attached hydrogen (secondary N) is 1. The number of pyridine rings is 1. The van der Waals surface area contributed by atoms with Gasteiger partial charge in [0.25, 0.3) is 0 Å². The van der Waals surface area contributed by atoms with Gasteiger partial charge in [0, 0.05) is 11.2 Å². The summed E-state index contributed by atoms with van der Waals surface area (Å²) in [6.45, 7) is 1.90. The predicted molar refractivity (Wildman–Crippen MR) is 71.5 cm³/mol. The van der Waals surface area contributed by atoms with Gasteiger partial charge in [-0.1, -0.05) is 17.7 Å². The fourth-order valence-electron chi connectivity index (χ4n) is 1.47. The standard InChI is InChI=1S/C13H12ClN3O/c1-8-4-5-9(14)7-11(8)18-13-10(12(15)16)3-2-6-17-13/h2-7H,1H3,(H3,15,16). The fourth-order valence-corrected chi connectivity index (χ4v) is 1.63. The van der Waals surface area contributed by atoms with Crippen LogP contribution >= 0.6 is 11.6 Å². The first kappa shape index (κ1) is 12.4. The van der Waals surface area contributed by atoms with Crippen molar-refractivity contribution >= 4 is 17.4 Å². The molecule has 0 saturated carbocycles. The number of benzene rings is 1. The van der Waals surface area contributed by atoms with Crippen LogP contribution in [0.5, 0.6) is 11.6 Å². The van der Waals surface area contributed by atoms with Gasteiger partial charge in [-0.25, -0.2) is 4.98 Å². The predicted octanol–water partition coefficient (Wildman–Crippen LogP) is 3.12. The molecule has 92 valence electrons. The minimum atomic E-state index is -0.0854. The summed E-state index contributed by atoms with van der Waals surface area (Å²) in [4.78, 5) is 4.08. The number of nitrogen functional groups attached to an aromatic ring is 1.